The third-order valence-corrected chi connectivity index (χ3v) is 6.28. The van der Waals surface area contributed by atoms with Crippen molar-refractivity contribution < 1.29 is 4.79 Å². The summed E-state index contributed by atoms with van der Waals surface area (Å²) in [6.45, 7) is 3.06. The first-order chi connectivity index (χ1) is 11.2. The highest BCUT2D eigenvalue weighted by Crippen LogP contribution is 2.48. The van der Waals surface area contributed by atoms with Crippen LogP contribution in [0.15, 0.2) is 24.3 Å². The molecule has 3 nitrogen and oxygen atoms in total. The molecule has 3 fully saturated rings. The number of hydrogen-bond donors (Lipinski definition) is 0. The van der Waals surface area contributed by atoms with E-state index in [9.17, 15) is 4.79 Å². The lowest BCUT2D eigenvalue weighted by atomic mass is 9.88. The fourth-order valence-electron chi connectivity index (χ4n) is 5.07. The van der Waals surface area contributed by atoms with Crippen molar-refractivity contribution in [3.8, 4) is 0 Å². The molecule has 1 aromatic carbocycles. The Morgan fingerprint density at radius 2 is 1.96 bits per heavy atom. The number of rotatable bonds is 4. The normalized spacial score (nSPS) is 29.3. The van der Waals surface area contributed by atoms with Crippen LogP contribution < -0.4 is 4.90 Å². The van der Waals surface area contributed by atoms with Gasteiger partial charge >= 0.3 is 0 Å². The largest absolute Gasteiger partial charge is 0.371 e. The van der Waals surface area contributed by atoms with Gasteiger partial charge in [0.25, 0.3) is 0 Å². The molecule has 0 radical (unpaired) electrons. The molecule has 2 saturated carbocycles. The average molecular weight is 312 g/mol. The van der Waals surface area contributed by atoms with Crippen molar-refractivity contribution >= 4 is 11.6 Å². The molecule has 1 aliphatic heterocycles. The van der Waals surface area contributed by atoms with Gasteiger partial charge in [0.2, 0.25) is 5.91 Å². The van der Waals surface area contributed by atoms with Crippen molar-refractivity contribution in [2.75, 3.05) is 25.0 Å². The van der Waals surface area contributed by atoms with E-state index in [2.05, 4.69) is 29.2 Å². The topological polar surface area (TPSA) is 23.6 Å². The number of carbonyl (C=O) groups is 1. The van der Waals surface area contributed by atoms with E-state index >= 15 is 0 Å². The van der Waals surface area contributed by atoms with Crippen LogP contribution in [0.3, 0.4) is 0 Å². The first kappa shape index (κ1) is 15.0. The van der Waals surface area contributed by atoms with Crippen molar-refractivity contribution in [3.05, 3.63) is 29.8 Å². The molecule has 0 spiro atoms. The number of anilines is 1. The zero-order chi connectivity index (χ0) is 15.8. The minimum absolute atomic E-state index is 0.303. The first-order valence-corrected chi connectivity index (χ1v) is 9.30. The predicted octanol–water partition coefficient (Wildman–Crippen LogP) is 3.68. The standard InChI is InChI=1S/C20H28N2O/c1-21(20(23)18-13-15-8-9-16(18)12-15)14-17-6-2-3-7-19(17)22-10-4-5-11-22/h2-3,6-7,15-16,18H,4-5,8-14H2,1H3. The Morgan fingerprint density at radius 1 is 1.17 bits per heavy atom. The third-order valence-electron chi connectivity index (χ3n) is 6.28. The van der Waals surface area contributed by atoms with Gasteiger partial charge in [0.05, 0.1) is 0 Å². The highest BCUT2D eigenvalue weighted by molar-refractivity contribution is 5.79. The van der Waals surface area contributed by atoms with Crippen LogP contribution in [-0.2, 0) is 11.3 Å². The van der Waals surface area contributed by atoms with Crippen LogP contribution in [0.1, 0.15) is 44.1 Å². The molecule has 4 rings (SSSR count). The Kier molecular flexibility index (Phi) is 4.04. The monoisotopic (exact) mass is 312 g/mol. The molecule has 2 aliphatic carbocycles. The summed E-state index contributed by atoms with van der Waals surface area (Å²) in [4.78, 5) is 17.3. The van der Waals surface area contributed by atoms with Crippen molar-refractivity contribution in [3.63, 3.8) is 0 Å². The van der Waals surface area contributed by atoms with Gasteiger partial charge in [0.1, 0.15) is 0 Å². The minimum Gasteiger partial charge on any atom is -0.371 e. The number of hydrogen-bond acceptors (Lipinski definition) is 2. The van der Waals surface area contributed by atoms with Crippen molar-refractivity contribution in [1.82, 2.24) is 4.90 Å². The van der Waals surface area contributed by atoms with Gasteiger partial charge < -0.3 is 9.80 Å². The molecule has 3 heteroatoms. The SMILES string of the molecule is CN(Cc1ccccc1N1CCCC1)C(=O)C1CC2CCC1C2. The Labute approximate surface area is 139 Å². The van der Waals surface area contributed by atoms with Gasteiger partial charge in [-0.2, -0.15) is 0 Å². The van der Waals surface area contributed by atoms with Gasteiger partial charge in [0.15, 0.2) is 0 Å². The molecule has 3 unspecified atom stereocenters. The molecule has 0 aromatic heterocycles. The van der Waals surface area contributed by atoms with Crippen molar-refractivity contribution in [2.45, 2.75) is 45.1 Å². The highest BCUT2D eigenvalue weighted by Gasteiger charge is 2.43. The quantitative estimate of drug-likeness (QED) is 0.846. The van der Waals surface area contributed by atoms with Crippen molar-refractivity contribution in [1.29, 1.82) is 0 Å². The molecule has 2 bridgehead atoms. The van der Waals surface area contributed by atoms with Crippen LogP contribution in [0.5, 0.6) is 0 Å². The van der Waals surface area contributed by atoms with E-state index < -0.39 is 0 Å². The van der Waals surface area contributed by atoms with E-state index in [0.717, 1.165) is 32.0 Å². The Bertz CT molecular complexity index is 579. The van der Waals surface area contributed by atoms with Crippen LogP contribution in [-0.4, -0.2) is 30.9 Å². The first-order valence-electron chi connectivity index (χ1n) is 9.30. The number of carbonyl (C=O) groups excluding carboxylic acids is 1. The molecule has 0 N–H and O–H groups in total. The van der Waals surface area contributed by atoms with E-state index in [0.29, 0.717) is 17.7 Å². The van der Waals surface area contributed by atoms with E-state index in [-0.39, 0.29) is 0 Å². The van der Waals surface area contributed by atoms with Gasteiger partial charge in [-0.25, -0.2) is 0 Å². The second kappa shape index (κ2) is 6.18. The maximum absolute atomic E-state index is 12.9. The lowest BCUT2D eigenvalue weighted by Gasteiger charge is -2.28. The smallest absolute Gasteiger partial charge is 0.226 e. The van der Waals surface area contributed by atoms with Crippen LogP contribution in [0, 0.1) is 17.8 Å². The molecular weight excluding hydrogens is 284 g/mol. The molecule has 1 saturated heterocycles. The molecule has 1 heterocycles. The lowest BCUT2D eigenvalue weighted by Crippen LogP contribution is -2.35. The number of benzene rings is 1. The molecule has 124 valence electrons. The maximum Gasteiger partial charge on any atom is 0.226 e. The summed E-state index contributed by atoms with van der Waals surface area (Å²) < 4.78 is 0. The number of nitrogens with zero attached hydrogens (tertiary/aromatic N) is 2. The van der Waals surface area contributed by atoms with Crippen LogP contribution in [0.2, 0.25) is 0 Å². The average Bonchev–Trinajstić information content (AvgIpc) is 3.32. The molecule has 3 aliphatic rings. The van der Waals surface area contributed by atoms with E-state index in [4.69, 9.17) is 0 Å². The lowest BCUT2D eigenvalue weighted by molar-refractivity contribution is -0.136. The van der Waals surface area contributed by atoms with Crippen LogP contribution >= 0.6 is 0 Å². The van der Waals surface area contributed by atoms with Gasteiger partial charge in [-0.05, 0) is 55.6 Å². The minimum atomic E-state index is 0.303. The maximum atomic E-state index is 12.9. The molecule has 1 aromatic rings. The predicted molar refractivity (Wildman–Crippen MR) is 93.3 cm³/mol. The molecular formula is C20H28N2O. The van der Waals surface area contributed by atoms with E-state index in [1.54, 1.807) is 0 Å². The zero-order valence-corrected chi connectivity index (χ0v) is 14.2. The summed E-state index contributed by atoms with van der Waals surface area (Å²) >= 11 is 0. The molecule has 23 heavy (non-hydrogen) atoms. The van der Waals surface area contributed by atoms with Gasteiger partial charge in [-0.3, -0.25) is 4.79 Å². The number of para-hydroxylation sites is 1. The van der Waals surface area contributed by atoms with E-state index in [1.807, 2.05) is 11.9 Å². The summed E-state index contributed by atoms with van der Waals surface area (Å²) in [6, 6.07) is 8.63. The molecule has 1 amide bonds. The fourth-order valence-corrected chi connectivity index (χ4v) is 5.07. The Morgan fingerprint density at radius 3 is 2.65 bits per heavy atom. The third kappa shape index (κ3) is 2.86. The Balaban J connectivity index is 1.46. The van der Waals surface area contributed by atoms with E-state index in [1.165, 1.54) is 43.4 Å². The second-order valence-corrected chi connectivity index (χ2v) is 7.80. The van der Waals surface area contributed by atoms with Gasteiger partial charge in [-0.1, -0.05) is 24.6 Å². The number of amides is 1. The van der Waals surface area contributed by atoms with Gasteiger partial charge in [0, 0.05) is 38.3 Å². The van der Waals surface area contributed by atoms with Gasteiger partial charge in [-0.15, -0.1) is 0 Å². The summed E-state index contributed by atoms with van der Waals surface area (Å²) in [7, 11) is 2.00. The molecule has 3 atom stereocenters. The highest BCUT2D eigenvalue weighted by atomic mass is 16.2. The summed E-state index contributed by atoms with van der Waals surface area (Å²) in [6.07, 6.45) is 7.65. The van der Waals surface area contributed by atoms with Crippen LogP contribution in [0.4, 0.5) is 5.69 Å². The number of fused-ring (bicyclic) bond motifs is 2. The zero-order valence-electron chi connectivity index (χ0n) is 14.2. The van der Waals surface area contributed by atoms with Crippen LogP contribution in [0.25, 0.3) is 0 Å². The fraction of sp³-hybridized carbons (Fsp3) is 0.650. The van der Waals surface area contributed by atoms with Crippen molar-refractivity contribution in [2.24, 2.45) is 17.8 Å². The second-order valence-electron chi connectivity index (χ2n) is 7.80. The Hall–Kier alpha value is -1.51. The summed E-state index contributed by atoms with van der Waals surface area (Å²) in [5, 5.41) is 0. The summed E-state index contributed by atoms with van der Waals surface area (Å²) in [5.41, 5.74) is 2.63. The summed E-state index contributed by atoms with van der Waals surface area (Å²) in [5.74, 6) is 2.19.